The monoisotopic (exact) mass is 401 g/mol. The summed E-state index contributed by atoms with van der Waals surface area (Å²) in [7, 11) is 0. The van der Waals surface area contributed by atoms with Gasteiger partial charge in [0.15, 0.2) is 0 Å². The van der Waals surface area contributed by atoms with Crippen LogP contribution in [-0.4, -0.2) is 28.1 Å². The van der Waals surface area contributed by atoms with E-state index in [2.05, 4.69) is 0 Å². The molecule has 3 aromatic rings. The molecule has 0 bridgehead atoms. The topological polar surface area (TPSA) is 86.3 Å². The number of para-hydroxylation sites is 2. The number of fused-ring (bicyclic) bond motifs is 1. The number of carbonyl (C=O) groups excluding carboxylic acids is 1. The predicted octanol–water partition coefficient (Wildman–Crippen LogP) is 4.47. The molecular weight excluding hydrogens is 378 g/mol. The number of hydrogen-bond acceptors (Lipinski definition) is 3. The quantitative estimate of drug-likeness (QED) is 0.446. The third-order valence-corrected chi connectivity index (χ3v) is 4.82. The summed E-state index contributed by atoms with van der Waals surface area (Å²) >= 11 is 0. The Labute approximate surface area is 175 Å². The van der Waals surface area contributed by atoms with E-state index in [1.54, 1.807) is 21.7 Å². The third kappa shape index (κ3) is 4.58. The Bertz CT molecular complexity index is 1120. The number of carbonyl (C=O) groups is 2. The molecule has 0 saturated heterocycles. The van der Waals surface area contributed by atoms with Gasteiger partial charge in [0.2, 0.25) is 0 Å². The van der Waals surface area contributed by atoms with E-state index in [0.717, 1.165) is 29.4 Å². The van der Waals surface area contributed by atoms with Crippen LogP contribution in [0, 0.1) is 11.3 Å². The first-order chi connectivity index (χ1) is 14.5. The maximum atomic E-state index is 13.2. The molecule has 1 aromatic heterocycles. The van der Waals surface area contributed by atoms with Gasteiger partial charge in [-0.3, -0.25) is 9.59 Å². The van der Waals surface area contributed by atoms with Crippen molar-refractivity contribution in [1.29, 1.82) is 5.26 Å². The van der Waals surface area contributed by atoms with Crippen molar-refractivity contribution >= 4 is 34.5 Å². The van der Waals surface area contributed by atoms with Gasteiger partial charge in [0.05, 0.1) is 0 Å². The highest BCUT2D eigenvalue weighted by Crippen LogP contribution is 2.25. The van der Waals surface area contributed by atoms with Crippen LogP contribution >= 0.6 is 0 Å². The fourth-order valence-corrected chi connectivity index (χ4v) is 3.38. The smallest absolute Gasteiger partial charge is 0.323 e. The van der Waals surface area contributed by atoms with Crippen molar-refractivity contribution in [2.75, 3.05) is 11.4 Å². The third-order valence-electron chi connectivity index (χ3n) is 4.82. The van der Waals surface area contributed by atoms with Crippen LogP contribution in [0.1, 0.15) is 25.3 Å². The largest absolute Gasteiger partial charge is 0.480 e. The minimum absolute atomic E-state index is 0.00758. The molecule has 152 valence electrons. The number of nitriles is 1. The Morgan fingerprint density at radius 2 is 1.83 bits per heavy atom. The SMILES string of the molecule is CCCCN(C(=O)C(C#N)=Cc1cn(CC(=O)O)c2ccccc12)c1ccccc1. The molecule has 0 spiro atoms. The van der Waals surface area contributed by atoms with Gasteiger partial charge in [0.1, 0.15) is 18.2 Å². The van der Waals surface area contributed by atoms with Gasteiger partial charge < -0.3 is 14.6 Å². The molecule has 3 rings (SSSR count). The van der Waals surface area contributed by atoms with Gasteiger partial charge in [0.25, 0.3) is 5.91 Å². The van der Waals surface area contributed by atoms with Crippen molar-refractivity contribution in [3.8, 4) is 6.07 Å². The Morgan fingerprint density at radius 3 is 2.50 bits per heavy atom. The lowest BCUT2D eigenvalue weighted by atomic mass is 10.1. The lowest BCUT2D eigenvalue weighted by molar-refractivity contribution is -0.137. The number of hydrogen-bond donors (Lipinski definition) is 1. The summed E-state index contributed by atoms with van der Waals surface area (Å²) in [6, 6.07) is 18.7. The van der Waals surface area contributed by atoms with Crippen molar-refractivity contribution < 1.29 is 14.7 Å². The minimum Gasteiger partial charge on any atom is -0.480 e. The standard InChI is InChI=1S/C24H23N3O3/c1-2-3-13-27(20-9-5-4-6-10-20)24(30)18(15-25)14-19-16-26(17-23(28)29)22-12-8-7-11-21(19)22/h4-12,14,16H,2-3,13,17H2,1H3,(H,28,29). The Kier molecular flexibility index (Phi) is 6.66. The van der Waals surface area contributed by atoms with Crippen LogP contribution in [0.15, 0.2) is 66.4 Å². The van der Waals surface area contributed by atoms with Gasteiger partial charge in [-0.2, -0.15) is 5.26 Å². The number of nitrogens with zero attached hydrogens (tertiary/aromatic N) is 3. The molecule has 1 N–H and O–H groups in total. The molecule has 6 heteroatoms. The molecule has 6 nitrogen and oxygen atoms in total. The average molecular weight is 401 g/mol. The van der Waals surface area contributed by atoms with Crippen molar-refractivity contribution in [1.82, 2.24) is 4.57 Å². The summed E-state index contributed by atoms with van der Waals surface area (Å²) in [5.74, 6) is -1.33. The first-order valence-corrected chi connectivity index (χ1v) is 9.83. The zero-order chi connectivity index (χ0) is 21.5. The van der Waals surface area contributed by atoms with Crippen LogP contribution in [0.2, 0.25) is 0 Å². The molecule has 2 aromatic carbocycles. The van der Waals surface area contributed by atoms with Crippen LogP contribution < -0.4 is 4.90 Å². The molecule has 0 saturated carbocycles. The van der Waals surface area contributed by atoms with E-state index < -0.39 is 5.97 Å². The molecule has 0 aliphatic rings. The second-order valence-electron chi connectivity index (χ2n) is 6.94. The van der Waals surface area contributed by atoms with Gasteiger partial charge >= 0.3 is 5.97 Å². The lowest BCUT2D eigenvalue weighted by Crippen LogP contribution is -2.32. The fraction of sp³-hybridized carbons (Fsp3) is 0.208. The number of anilines is 1. The molecule has 0 radical (unpaired) electrons. The molecule has 0 unspecified atom stereocenters. The van der Waals surface area contributed by atoms with Crippen LogP contribution in [0.25, 0.3) is 17.0 Å². The molecule has 1 heterocycles. The van der Waals surface area contributed by atoms with Crippen LogP contribution in [0.5, 0.6) is 0 Å². The normalized spacial score (nSPS) is 11.3. The zero-order valence-electron chi connectivity index (χ0n) is 16.8. The van der Waals surface area contributed by atoms with Crippen molar-refractivity contribution in [2.24, 2.45) is 0 Å². The van der Waals surface area contributed by atoms with E-state index in [1.165, 1.54) is 0 Å². The van der Waals surface area contributed by atoms with E-state index in [0.29, 0.717) is 12.1 Å². The van der Waals surface area contributed by atoms with E-state index in [1.807, 2.05) is 67.6 Å². The molecule has 0 aliphatic heterocycles. The zero-order valence-corrected chi connectivity index (χ0v) is 16.8. The van der Waals surface area contributed by atoms with Crippen LogP contribution in [0.3, 0.4) is 0 Å². The van der Waals surface area contributed by atoms with Gasteiger partial charge in [-0.15, -0.1) is 0 Å². The number of amides is 1. The van der Waals surface area contributed by atoms with Gasteiger partial charge in [-0.05, 0) is 30.7 Å². The predicted molar refractivity (Wildman–Crippen MR) is 117 cm³/mol. The van der Waals surface area contributed by atoms with E-state index in [4.69, 9.17) is 0 Å². The number of unbranched alkanes of at least 4 members (excludes halogenated alkanes) is 1. The maximum absolute atomic E-state index is 13.2. The first kappa shape index (κ1) is 20.9. The van der Waals surface area contributed by atoms with Gasteiger partial charge in [-0.25, -0.2) is 0 Å². The van der Waals surface area contributed by atoms with Crippen LogP contribution in [0.4, 0.5) is 5.69 Å². The number of rotatable bonds is 8. The molecule has 30 heavy (non-hydrogen) atoms. The van der Waals surface area contributed by atoms with E-state index in [-0.39, 0.29) is 18.0 Å². The Morgan fingerprint density at radius 1 is 1.13 bits per heavy atom. The molecular formula is C24H23N3O3. The van der Waals surface area contributed by atoms with Gasteiger partial charge in [0, 0.05) is 34.9 Å². The first-order valence-electron chi connectivity index (χ1n) is 9.83. The highest BCUT2D eigenvalue weighted by Gasteiger charge is 2.20. The second kappa shape index (κ2) is 9.57. The van der Waals surface area contributed by atoms with Crippen LogP contribution in [-0.2, 0) is 16.1 Å². The fourth-order valence-electron chi connectivity index (χ4n) is 3.38. The Balaban J connectivity index is 2.03. The maximum Gasteiger partial charge on any atom is 0.323 e. The van der Waals surface area contributed by atoms with Gasteiger partial charge in [-0.1, -0.05) is 49.7 Å². The lowest BCUT2D eigenvalue weighted by Gasteiger charge is -2.22. The van der Waals surface area contributed by atoms with E-state index >= 15 is 0 Å². The highest BCUT2D eigenvalue weighted by atomic mass is 16.4. The van der Waals surface area contributed by atoms with Crippen molar-refractivity contribution in [3.05, 3.63) is 71.9 Å². The summed E-state index contributed by atoms with van der Waals surface area (Å²) in [5.41, 5.74) is 2.13. The second-order valence-corrected chi connectivity index (χ2v) is 6.94. The molecule has 0 aliphatic carbocycles. The summed E-state index contributed by atoms with van der Waals surface area (Å²) < 4.78 is 1.61. The summed E-state index contributed by atoms with van der Waals surface area (Å²) in [6.45, 7) is 2.36. The minimum atomic E-state index is -0.960. The molecule has 0 fully saturated rings. The summed E-state index contributed by atoms with van der Waals surface area (Å²) in [4.78, 5) is 26.1. The molecule has 1 amide bonds. The Hall–Kier alpha value is -3.85. The summed E-state index contributed by atoms with van der Waals surface area (Å²) in [6.07, 6.45) is 4.95. The number of benzene rings is 2. The average Bonchev–Trinajstić information content (AvgIpc) is 3.09. The highest BCUT2D eigenvalue weighted by molar-refractivity contribution is 6.12. The number of carboxylic acid groups (broad SMARTS) is 1. The number of carboxylic acids is 1. The number of aromatic nitrogens is 1. The van der Waals surface area contributed by atoms with Crippen molar-refractivity contribution in [2.45, 2.75) is 26.3 Å². The number of aliphatic carboxylic acids is 1. The van der Waals surface area contributed by atoms with Crippen molar-refractivity contribution in [3.63, 3.8) is 0 Å². The van der Waals surface area contributed by atoms with E-state index in [9.17, 15) is 20.0 Å². The molecule has 0 atom stereocenters. The summed E-state index contributed by atoms with van der Waals surface area (Å²) in [5, 5.41) is 19.7.